The lowest BCUT2D eigenvalue weighted by molar-refractivity contribution is -0.486. The monoisotopic (exact) mass is 199 g/mol. The minimum Gasteiger partial charge on any atom is -0.458 e. The molecule has 0 saturated carbocycles. The van der Waals surface area contributed by atoms with E-state index in [1.54, 1.807) is 12.2 Å². The number of carbonyl (C=O) groups excluding carboxylic acids is 1. The van der Waals surface area contributed by atoms with E-state index >= 15 is 0 Å². The molecule has 1 aliphatic carbocycles. The number of ether oxygens (including phenoxy) is 1. The zero-order valence-corrected chi connectivity index (χ0v) is 8.01. The van der Waals surface area contributed by atoms with Crippen molar-refractivity contribution in [3.63, 3.8) is 0 Å². The van der Waals surface area contributed by atoms with Crippen molar-refractivity contribution >= 4 is 5.97 Å². The molecule has 0 aromatic rings. The summed E-state index contributed by atoms with van der Waals surface area (Å²) in [5.74, 6) is -0.329. The molecule has 5 heteroatoms. The van der Waals surface area contributed by atoms with Crippen molar-refractivity contribution in [3.05, 3.63) is 22.3 Å². The van der Waals surface area contributed by atoms with Gasteiger partial charge in [-0.1, -0.05) is 6.08 Å². The molecule has 2 atom stereocenters. The van der Waals surface area contributed by atoms with Crippen LogP contribution in [0.3, 0.4) is 0 Å². The Morgan fingerprint density at radius 3 is 2.71 bits per heavy atom. The number of rotatable bonds is 3. The highest BCUT2D eigenvalue weighted by atomic mass is 16.6. The van der Waals surface area contributed by atoms with E-state index in [2.05, 4.69) is 0 Å². The van der Waals surface area contributed by atoms with Gasteiger partial charge >= 0.3 is 5.97 Å². The number of nitro groups is 1. The van der Waals surface area contributed by atoms with Crippen LogP contribution >= 0.6 is 0 Å². The SMILES string of the molecule is CC(=O)O[C@@H]1C=C[C@H](C[N+](=O)[O-])CC1. The first-order valence-corrected chi connectivity index (χ1v) is 4.55. The summed E-state index contributed by atoms with van der Waals surface area (Å²) < 4.78 is 4.95. The molecule has 14 heavy (non-hydrogen) atoms. The number of esters is 1. The minimum atomic E-state index is -0.318. The predicted molar refractivity (Wildman–Crippen MR) is 49.3 cm³/mol. The second-order valence-corrected chi connectivity index (χ2v) is 3.39. The summed E-state index contributed by atoms with van der Waals surface area (Å²) in [4.78, 5) is 20.5. The smallest absolute Gasteiger partial charge is 0.303 e. The minimum absolute atomic E-state index is 0.0168. The molecule has 0 saturated heterocycles. The van der Waals surface area contributed by atoms with Crippen LogP contribution in [-0.2, 0) is 9.53 Å². The number of carbonyl (C=O) groups is 1. The maximum absolute atomic E-state index is 10.6. The van der Waals surface area contributed by atoms with Crippen LogP contribution in [0, 0.1) is 16.0 Å². The maximum Gasteiger partial charge on any atom is 0.303 e. The largest absolute Gasteiger partial charge is 0.458 e. The molecular formula is C9H13NO4. The molecule has 0 aliphatic heterocycles. The molecule has 0 bridgehead atoms. The average Bonchev–Trinajstić information content (AvgIpc) is 2.06. The molecule has 0 heterocycles. The van der Waals surface area contributed by atoms with Gasteiger partial charge in [0.1, 0.15) is 6.10 Å². The van der Waals surface area contributed by atoms with E-state index in [0.717, 1.165) is 0 Å². The Hall–Kier alpha value is -1.39. The molecule has 0 aromatic carbocycles. The highest BCUT2D eigenvalue weighted by Gasteiger charge is 2.20. The summed E-state index contributed by atoms with van der Waals surface area (Å²) in [6.45, 7) is 1.32. The van der Waals surface area contributed by atoms with Crippen LogP contribution in [0.25, 0.3) is 0 Å². The van der Waals surface area contributed by atoms with Gasteiger partial charge in [0.25, 0.3) is 0 Å². The molecule has 0 fully saturated rings. The van der Waals surface area contributed by atoms with Gasteiger partial charge in [0.05, 0.1) is 0 Å². The van der Waals surface area contributed by atoms with Crippen LogP contribution in [0.15, 0.2) is 12.2 Å². The molecule has 78 valence electrons. The van der Waals surface area contributed by atoms with Crippen molar-refractivity contribution in [2.75, 3.05) is 6.54 Å². The first-order valence-electron chi connectivity index (χ1n) is 4.55. The van der Waals surface area contributed by atoms with Crippen LogP contribution < -0.4 is 0 Å². The second kappa shape index (κ2) is 4.74. The summed E-state index contributed by atoms with van der Waals surface area (Å²) in [5, 5.41) is 10.2. The quantitative estimate of drug-likeness (QED) is 0.296. The lowest BCUT2D eigenvalue weighted by Gasteiger charge is -2.20. The Bertz CT molecular complexity index is 236. The van der Waals surface area contributed by atoms with Gasteiger partial charge < -0.3 is 4.74 Å². The van der Waals surface area contributed by atoms with Gasteiger partial charge in [0, 0.05) is 17.8 Å². The summed E-state index contributed by atoms with van der Waals surface area (Å²) in [5.41, 5.74) is 0. The third kappa shape index (κ3) is 3.55. The van der Waals surface area contributed by atoms with Gasteiger partial charge in [-0.25, -0.2) is 0 Å². The van der Waals surface area contributed by atoms with Gasteiger partial charge in [0.15, 0.2) is 0 Å². The number of hydrogen-bond donors (Lipinski definition) is 0. The van der Waals surface area contributed by atoms with E-state index in [9.17, 15) is 14.9 Å². The van der Waals surface area contributed by atoms with Crippen molar-refractivity contribution < 1.29 is 14.5 Å². The van der Waals surface area contributed by atoms with Gasteiger partial charge in [-0.2, -0.15) is 0 Å². The highest BCUT2D eigenvalue weighted by molar-refractivity contribution is 5.66. The number of hydrogen-bond acceptors (Lipinski definition) is 4. The lowest BCUT2D eigenvalue weighted by atomic mass is 9.94. The Balaban J connectivity index is 2.39. The van der Waals surface area contributed by atoms with Gasteiger partial charge in [-0.15, -0.1) is 0 Å². The van der Waals surface area contributed by atoms with E-state index in [1.807, 2.05) is 0 Å². The van der Waals surface area contributed by atoms with Gasteiger partial charge in [0.2, 0.25) is 6.54 Å². The Kier molecular flexibility index (Phi) is 3.62. The third-order valence-electron chi connectivity index (χ3n) is 2.12. The molecule has 0 radical (unpaired) electrons. The van der Waals surface area contributed by atoms with Crippen molar-refractivity contribution in [2.24, 2.45) is 5.92 Å². The zero-order valence-electron chi connectivity index (χ0n) is 8.01. The highest BCUT2D eigenvalue weighted by Crippen LogP contribution is 2.19. The Labute approximate surface area is 81.9 Å². The molecule has 0 N–H and O–H groups in total. The molecular weight excluding hydrogens is 186 g/mol. The van der Waals surface area contributed by atoms with Gasteiger partial charge in [-0.3, -0.25) is 14.9 Å². The standard InChI is InChI=1S/C9H13NO4/c1-7(11)14-9-4-2-8(3-5-9)6-10(12)13/h2,4,8-9H,3,5-6H2,1H3/t8-,9+/m0/s1. The topological polar surface area (TPSA) is 69.4 Å². The van der Waals surface area contributed by atoms with Crippen LogP contribution in [0.4, 0.5) is 0 Å². The molecule has 0 spiro atoms. The lowest BCUT2D eigenvalue weighted by Crippen LogP contribution is -2.22. The fourth-order valence-corrected chi connectivity index (χ4v) is 1.51. The van der Waals surface area contributed by atoms with Crippen LogP contribution in [0.1, 0.15) is 19.8 Å². The molecule has 1 rings (SSSR count). The Morgan fingerprint density at radius 2 is 2.29 bits per heavy atom. The first kappa shape index (κ1) is 10.7. The van der Waals surface area contributed by atoms with Crippen molar-refractivity contribution in [2.45, 2.75) is 25.9 Å². The number of nitrogens with zero attached hydrogens (tertiary/aromatic N) is 1. The molecule has 0 unspecified atom stereocenters. The second-order valence-electron chi connectivity index (χ2n) is 3.39. The molecule has 1 aliphatic rings. The predicted octanol–water partition coefficient (Wildman–Crippen LogP) is 1.16. The Morgan fingerprint density at radius 1 is 1.57 bits per heavy atom. The normalized spacial score (nSPS) is 25.8. The summed E-state index contributed by atoms with van der Waals surface area (Å²) >= 11 is 0. The summed E-state index contributed by atoms with van der Waals surface area (Å²) in [7, 11) is 0. The fraction of sp³-hybridized carbons (Fsp3) is 0.667. The fourth-order valence-electron chi connectivity index (χ4n) is 1.51. The maximum atomic E-state index is 10.6. The van der Waals surface area contributed by atoms with E-state index < -0.39 is 0 Å². The van der Waals surface area contributed by atoms with Crippen molar-refractivity contribution in [1.82, 2.24) is 0 Å². The van der Waals surface area contributed by atoms with Crippen LogP contribution in [0.2, 0.25) is 0 Å². The van der Waals surface area contributed by atoms with E-state index in [4.69, 9.17) is 4.74 Å². The average molecular weight is 199 g/mol. The van der Waals surface area contributed by atoms with E-state index in [-0.39, 0.29) is 29.5 Å². The van der Waals surface area contributed by atoms with Crippen molar-refractivity contribution in [1.29, 1.82) is 0 Å². The van der Waals surface area contributed by atoms with Crippen LogP contribution in [0.5, 0.6) is 0 Å². The molecule has 0 aromatic heterocycles. The first-order chi connectivity index (χ1) is 6.58. The summed E-state index contributed by atoms with van der Waals surface area (Å²) in [6, 6.07) is 0. The zero-order chi connectivity index (χ0) is 10.6. The molecule has 0 amide bonds. The van der Waals surface area contributed by atoms with Crippen LogP contribution in [-0.4, -0.2) is 23.5 Å². The van der Waals surface area contributed by atoms with E-state index in [1.165, 1.54) is 6.92 Å². The van der Waals surface area contributed by atoms with E-state index in [0.29, 0.717) is 12.8 Å². The molecule has 5 nitrogen and oxygen atoms in total. The summed E-state index contributed by atoms with van der Waals surface area (Å²) in [6.07, 6.45) is 4.68. The van der Waals surface area contributed by atoms with Crippen molar-refractivity contribution in [3.8, 4) is 0 Å². The van der Waals surface area contributed by atoms with Gasteiger partial charge in [-0.05, 0) is 18.9 Å². The third-order valence-corrected chi connectivity index (χ3v) is 2.12.